The molecule has 2 fully saturated rings. The van der Waals surface area contributed by atoms with Gasteiger partial charge in [0.05, 0.1) is 17.2 Å². The van der Waals surface area contributed by atoms with Gasteiger partial charge >= 0.3 is 0 Å². The molecule has 0 bridgehead atoms. The number of ether oxygens (including phenoxy) is 1. The molecule has 2 aliphatic heterocycles. The van der Waals surface area contributed by atoms with E-state index in [-0.39, 0.29) is 11.8 Å². The van der Waals surface area contributed by atoms with Gasteiger partial charge in [0.2, 0.25) is 5.91 Å². The van der Waals surface area contributed by atoms with Crippen LogP contribution in [0.4, 0.5) is 0 Å². The Labute approximate surface area is 181 Å². The van der Waals surface area contributed by atoms with Gasteiger partial charge in [0.15, 0.2) is 0 Å². The monoisotopic (exact) mass is 428 g/mol. The first-order valence-electron chi connectivity index (χ1n) is 10.5. The van der Waals surface area contributed by atoms with Gasteiger partial charge in [0.25, 0.3) is 5.91 Å². The van der Waals surface area contributed by atoms with Crippen LogP contribution in [0.25, 0.3) is 0 Å². The van der Waals surface area contributed by atoms with Crippen molar-refractivity contribution >= 4 is 23.2 Å². The van der Waals surface area contributed by atoms with E-state index in [0.29, 0.717) is 37.6 Å². The van der Waals surface area contributed by atoms with Crippen molar-refractivity contribution in [2.24, 2.45) is 0 Å². The summed E-state index contributed by atoms with van der Waals surface area (Å²) in [4.78, 5) is 35.6. The van der Waals surface area contributed by atoms with Crippen molar-refractivity contribution in [1.82, 2.24) is 19.7 Å². The molecule has 160 valence electrons. The summed E-state index contributed by atoms with van der Waals surface area (Å²) >= 11 is 1.60. The van der Waals surface area contributed by atoms with Crippen LogP contribution in [0.5, 0.6) is 5.75 Å². The lowest BCUT2D eigenvalue weighted by Gasteiger charge is -2.35. The Kier molecular flexibility index (Phi) is 6.64. The van der Waals surface area contributed by atoms with Crippen LogP contribution in [-0.2, 0) is 11.4 Å². The Balaban J connectivity index is 1.28. The average Bonchev–Trinajstić information content (AvgIpc) is 3.44. The molecule has 0 atom stereocenters. The van der Waals surface area contributed by atoms with Gasteiger partial charge in [-0.3, -0.25) is 14.5 Å². The first-order chi connectivity index (χ1) is 14.6. The zero-order valence-electron chi connectivity index (χ0n) is 17.4. The molecule has 30 heavy (non-hydrogen) atoms. The number of amides is 2. The number of carbonyl (C=O) groups is 2. The summed E-state index contributed by atoms with van der Waals surface area (Å²) in [5.41, 5.74) is 1.53. The first-order valence-corrected chi connectivity index (χ1v) is 11.4. The largest absolute Gasteiger partial charge is 0.487 e. The van der Waals surface area contributed by atoms with Crippen LogP contribution >= 0.6 is 11.3 Å². The summed E-state index contributed by atoms with van der Waals surface area (Å²) in [6.07, 6.45) is 2.22. The van der Waals surface area contributed by atoms with E-state index in [0.717, 1.165) is 49.7 Å². The predicted octanol–water partition coefficient (Wildman–Crippen LogP) is 2.41. The quantitative estimate of drug-likeness (QED) is 0.707. The van der Waals surface area contributed by atoms with Gasteiger partial charge in [-0.2, -0.15) is 0 Å². The van der Waals surface area contributed by atoms with Gasteiger partial charge in [0.1, 0.15) is 12.4 Å². The standard InChI is InChI=1S/C22H28N4O3S/c1-17-23-19(16-30-17)15-29-20-6-4-5-18(13-20)22(28)26-11-9-24(10-12-26)14-21(27)25-7-2-3-8-25/h4-6,13,16H,2-3,7-12,14-15H2,1H3. The van der Waals surface area contributed by atoms with Crippen LogP contribution in [0.1, 0.15) is 33.9 Å². The second kappa shape index (κ2) is 9.57. The lowest BCUT2D eigenvalue weighted by molar-refractivity contribution is -0.131. The van der Waals surface area contributed by atoms with Gasteiger partial charge in [-0.1, -0.05) is 6.07 Å². The minimum Gasteiger partial charge on any atom is -0.487 e. The lowest BCUT2D eigenvalue weighted by atomic mass is 10.1. The number of carbonyl (C=O) groups excluding carboxylic acids is 2. The molecule has 4 rings (SSSR count). The molecule has 1 aromatic heterocycles. The molecule has 7 nitrogen and oxygen atoms in total. The zero-order valence-corrected chi connectivity index (χ0v) is 18.2. The summed E-state index contributed by atoms with van der Waals surface area (Å²) in [5, 5.41) is 3.00. The third-order valence-corrected chi connectivity index (χ3v) is 6.43. The molecule has 0 aliphatic carbocycles. The van der Waals surface area contributed by atoms with Gasteiger partial charge in [-0.05, 0) is 38.0 Å². The fourth-order valence-electron chi connectivity index (χ4n) is 3.90. The Bertz CT molecular complexity index is 886. The van der Waals surface area contributed by atoms with E-state index >= 15 is 0 Å². The minimum atomic E-state index is 0.00970. The Hall–Kier alpha value is -2.45. The summed E-state index contributed by atoms with van der Waals surface area (Å²) in [6.45, 7) is 7.32. The molecule has 0 N–H and O–H groups in total. The van der Waals surface area contributed by atoms with E-state index < -0.39 is 0 Å². The molecule has 8 heteroatoms. The molecule has 0 unspecified atom stereocenters. The van der Waals surface area contributed by atoms with Crippen molar-refractivity contribution in [3.63, 3.8) is 0 Å². The summed E-state index contributed by atoms with van der Waals surface area (Å²) < 4.78 is 5.82. The Morgan fingerprint density at radius 1 is 1.07 bits per heavy atom. The van der Waals surface area contributed by atoms with Crippen molar-refractivity contribution in [3.8, 4) is 5.75 Å². The fraction of sp³-hybridized carbons (Fsp3) is 0.500. The van der Waals surface area contributed by atoms with Crippen LogP contribution in [0.15, 0.2) is 29.6 Å². The number of thiazole rings is 1. The molecule has 0 spiro atoms. The predicted molar refractivity (Wildman–Crippen MR) is 116 cm³/mol. The number of hydrogen-bond donors (Lipinski definition) is 0. The van der Waals surface area contributed by atoms with Crippen LogP contribution in [-0.4, -0.2) is 77.3 Å². The van der Waals surface area contributed by atoms with Crippen molar-refractivity contribution in [1.29, 1.82) is 0 Å². The third-order valence-electron chi connectivity index (χ3n) is 5.61. The molecular formula is C22H28N4O3S. The van der Waals surface area contributed by atoms with Gasteiger partial charge in [0, 0.05) is 50.2 Å². The maximum Gasteiger partial charge on any atom is 0.254 e. The molecule has 2 amide bonds. The highest BCUT2D eigenvalue weighted by molar-refractivity contribution is 7.09. The van der Waals surface area contributed by atoms with Gasteiger partial charge < -0.3 is 14.5 Å². The van der Waals surface area contributed by atoms with Crippen LogP contribution in [0.2, 0.25) is 0 Å². The Morgan fingerprint density at radius 2 is 1.83 bits per heavy atom. The number of likely N-dealkylation sites (tertiary alicyclic amines) is 1. The van der Waals surface area contributed by atoms with Crippen molar-refractivity contribution in [3.05, 3.63) is 45.9 Å². The molecule has 2 saturated heterocycles. The summed E-state index contributed by atoms with van der Waals surface area (Å²) in [6, 6.07) is 7.33. The zero-order chi connectivity index (χ0) is 20.9. The number of nitrogens with zero attached hydrogens (tertiary/aromatic N) is 4. The van der Waals surface area contributed by atoms with E-state index in [1.165, 1.54) is 0 Å². The van der Waals surface area contributed by atoms with E-state index in [1.807, 2.05) is 40.3 Å². The summed E-state index contributed by atoms with van der Waals surface area (Å²) in [5.74, 6) is 0.893. The SMILES string of the molecule is Cc1nc(COc2cccc(C(=O)N3CCN(CC(=O)N4CCCC4)CC3)c2)cs1. The highest BCUT2D eigenvalue weighted by Gasteiger charge is 2.26. The molecule has 0 saturated carbocycles. The van der Waals surface area contributed by atoms with E-state index in [2.05, 4.69) is 9.88 Å². The van der Waals surface area contributed by atoms with Gasteiger partial charge in [-0.15, -0.1) is 11.3 Å². The maximum absolute atomic E-state index is 12.9. The Morgan fingerprint density at radius 3 is 2.53 bits per heavy atom. The third kappa shape index (κ3) is 5.17. The van der Waals surface area contributed by atoms with Crippen molar-refractivity contribution in [2.45, 2.75) is 26.4 Å². The molecule has 2 aliphatic rings. The second-order valence-corrected chi connectivity index (χ2v) is 8.89. The smallest absolute Gasteiger partial charge is 0.254 e. The molecule has 1 aromatic carbocycles. The minimum absolute atomic E-state index is 0.00970. The average molecular weight is 429 g/mol. The summed E-state index contributed by atoms with van der Waals surface area (Å²) in [7, 11) is 0. The molecular weight excluding hydrogens is 400 g/mol. The van der Waals surface area contributed by atoms with E-state index in [9.17, 15) is 9.59 Å². The topological polar surface area (TPSA) is 66.0 Å². The first kappa shape index (κ1) is 20.8. The number of hydrogen-bond acceptors (Lipinski definition) is 6. The highest BCUT2D eigenvalue weighted by atomic mass is 32.1. The van der Waals surface area contributed by atoms with E-state index in [1.54, 1.807) is 17.4 Å². The second-order valence-electron chi connectivity index (χ2n) is 7.83. The molecule has 0 radical (unpaired) electrons. The number of piperazine rings is 1. The van der Waals surface area contributed by atoms with Gasteiger partial charge in [-0.25, -0.2) is 4.98 Å². The van der Waals surface area contributed by atoms with Crippen LogP contribution < -0.4 is 4.74 Å². The maximum atomic E-state index is 12.9. The fourth-order valence-corrected chi connectivity index (χ4v) is 4.50. The number of aromatic nitrogens is 1. The van der Waals surface area contributed by atoms with Crippen molar-refractivity contribution in [2.75, 3.05) is 45.8 Å². The van der Waals surface area contributed by atoms with Crippen LogP contribution in [0, 0.1) is 6.92 Å². The van der Waals surface area contributed by atoms with Crippen molar-refractivity contribution < 1.29 is 14.3 Å². The van der Waals surface area contributed by atoms with E-state index in [4.69, 9.17) is 4.74 Å². The molecule has 2 aromatic rings. The number of rotatable bonds is 6. The molecule has 3 heterocycles. The lowest BCUT2D eigenvalue weighted by Crippen LogP contribution is -2.51. The number of aryl methyl sites for hydroxylation is 1. The highest BCUT2D eigenvalue weighted by Crippen LogP contribution is 2.18. The normalized spacial score (nSPS) is 17.4. The van der Waals surface area contributed by atoms with Crippen LogP contribution in [0.3, 0.4) is 0 Å². The number of benzene rings is 1.